The third kappa shape index (κ3) is 3.91. The summed E-state index contributed by atoms with van der Waals surface area (Å²) in [7, 11) is -2.95. The van der Waals surface area contributed by atoms with Crippen molar-refractivity contribution in [2.75, 3.05) is 37.7 Å². The molecule has 0 bridgehead atoms. The van der Waals surface area contributed by atoms with Gasteiger partial charge in [0.25, 0.3) is 0 Å². The average molecular weight is 416 g/mol. The number of amides is 1. The zero-order valence-corrected chi connectivity index (χ0v) is 16.2. The minimum absolute atomic E-state index is 0.0228. The zero-order valence-electron chi connectivity index (χ0n) is 15.4. The van der Waals surface area contributed by atoms with Gasteiger partial charge >= 0.3 is 6.18 Å². The van der Waals surface area contributed by atoms with Gasteiger partial charge in [-0.05, 0) is 30.4 Å². The highest BCUT2D eigenvalue weighted by atomic mass is 32.2. The number of rotatable bonds is 3. The van der Waals surface area contributed by atoms with E-state index in [1.165, 1.54) is 12.1 Å². The van der Waals surface area contributed by atoms with Crippen LogP contribution in [0, 0.1) is 5.92 Å². The van der Waals surface area contributed by atoms with Crippen LogP contribution in [0.3, 0.4) is 0 Å². The molecule has 3 fully saturated rings. The Morgan fingerprint density at radius 3 is 2.36 bits per heavy atom. The van der Waals surface area contributed by atoms with Crippen molar-refractivity contribution in [1.29, 1.82) is 0 Å². The third-order valence-corrected chi connectivity index (χ3v) is 7.87. The largest absolute Gasteiger partial charge is 0.416 e. The van der Waals surface area contributed by atoms with Crippen LogP contribution in [0.4, 0.5) is 13.2 Å². The number of sulfone groups is 1. The monoisotopic (exact) mass is 416 g/mol. The topological polar surface area (TPSA) is 57.7 Å². The molecule has 0 aromatic heterocycles. The highest BCUT2D eigenvalue weighted by molar-refractivity contribution is 7.91. The summed E-state index contributed by atoms with van der Waals surface area (Å²) in [5.41, 5.74) is -0.439. The molecule has 5 nitrogen and oxygen atoms in total. The number of alkyl halides is 3. The second-order valence-electron chi connectivity index (χ2n) is 7.95. The maximum atomic E-state index is 13.2. The van der Waals surface area contributed by atoms with Crippen LogP contribution in [-0.2, 0) is 20.8 Å². The van der Waals surface area contributed by atoms with Crippen LogP contribution in [0.15, 0.2) is 24.3 Å². The number of hydrogen-bond donors (Lipinski definition) is 0. The van der Waals surface area contributed by atoms with Gasteiger partial charge in [-0.15, -0.1) is 0 Å². The number of piperazine rings is 1. The molecule has 2 aliphatic heterocycles. The molecule has 4 rings (SSSR count). The molecule has 0 radical (unpaired) electrons. The van der Waals surface area contributed by atoms with Crippen LogP contribution in [-0.4, -0.2) is 67.9 Å². The van der Waals surface area contributed by atoms with Gasteiger partial charge in [0.2, 0.25) is 5.91 Å². The van der Waals surface area contributed by atoms with Crippen molar-refractivity contribution in [1.82, 2.24) is 9.80 Å². The molecule has 3 atom stereocenters. The number of carbonyl (C=O) groups is 1. The predicted octanol–water partition coefficient (Wildman–Crippen LogP) is 2.14. The first-order valence-corrected chi connectivity index (χ1v) is 11.4. The summed E-state index contributed by atoms with van der Waals surface area (Å²) in [5.74, 6) is -0.440. The van der Waals surface area contributed by atoms with Crippen molar-refractivity contribution in [3.63, 3.8) is 0 Å². The zero-order chi connectivity index (χ0) is 20.1. The molecular weight excluding hydrogens is 393 g/mol. The Labute approximate surface area is 162 Å². The molecule has 0 N–H and O–H groups in total. The summed E-state index contributed by atoms with van der Waals surface area (Å²) in [6.45, 7) is 2.23. The van der Waals surface area contributed by atoms with Gasteiger partial charge in [-0.1, -0.05) is 18.2 Å². The van der Waals surface area contributed by atoms with Crippen molar-refractivity contribution in [2.24, 2.45) is 5.92 Å². The summed E-state index contributed by atoms with van der Waals surface area (Å²) in [4.78, 5) is 16.6. The summed E-state index contributed by atoms with van der Waals surface area (Å²) in [6, 6.07) is 5.52. The maximum Gasteiger partial charge on any atom is 0.416 e. The molecule has 154 valence electrons. The molecular formula is C19H23F3N2O3S. The molecule has 2 saturated heterocycles. The first kappa shape index (κ1) is 19.7. The quantitative estimate of drug-likeness (QED) is 0.758. The lowest BCUT2D eigenvalue weighted by Gasteiger charge is -2.37. The van der Waals surface area contributed by atoms with E-state index in [0.29, 0.717) is 39.0 Å². The van der Waals surface area contributed by atoms with Crippen LogP contribution in [0.25, 0.3) is 0 Å². The standard InChI is InChI=1S/C19H23F3N2O3S/c20-19(21,22)17-4-2-1-3-14(17)15-11-16(15)18(25)24-8-6-23(7-9-24)13-5-10-28(26,27)12-13/h1-4,13,15-16H,5-12H2. The Kier molecular flexibility index (Phi) is 4.94. The fourth-order valence-electron chi connectivity index (χ4n) is 4.50. The van der Waals surface area contributed by atoms with E-state index in [0.717, 1.165) is 6.07 Å². The molecule has 1 saturated carbocycles. The van der Waals surface area contributed by atoms with Crippen LogP contribution in [0.2, 0.25) is 0 Å². The van der Waals surface area contributed by atoms with Crippen LogP contribution in [0.5, 0.6) is 0 Å². The summed E-state index contributed by atoms with van der Waals surface area (Å²) < 4.78 is 63.0. The van der Waals surface area contributed by atoms with Gasteiger partial charge in [0.1, 0.15) is 0 Å². The van der Waals surface area contributed by atoms with E-state index in [9.17, 15) is 26.4 Å². The van der Waals surface area contributed by atoms with Crippen molar-refractivity contribution in [2.45, 2.75) is 31.0 Å². The summed E-state index contributed by atoms with van der Waals surface area (Å²) in [6.07, 6.45) is -3.33. The van der Waals surface area contributed by atoms with E-state index < -0.39 is 21.6 Å². The lowest BCUT2D eigenvalue weighted by molar-refractivity contribution is -0.139. The molecule has 3 unspecified atom stereocenters. The molecule has 1 aliphatic carbocycles. The van der Waals surface area contributed by atoms with E-state index in [4.69, 9.17) is 0 Å². The molecule has 1 amide bonds. The Morgan fingerprint density at radius 2 is 1.75 bits per heavy atom. The molecule has 2 heterocycles. The van der Waals surface area contributed by atoms with Crippen molar-refractivity contribution >= 4 is 15.7 Å². The number of carbonyl (C=O) groups excluding carboxylic acids is 1. The highest BCUT2D eigenvalue weighted by Crippen LogP contribution is 2.51. The number of hydrogen-bond acceptors (Lipinski definition) is 4. The lowest BCUT2D eigenvalue weighted by atomic mass is 10.0. The SMILES string of the molecule is O=C(C1CC1c1ccccc1C(F)(F)F)N1CCN(C2CCS(=O)(=O)C2)CC1. The van der Waals surface area contributed by atoms with E-state index in [2.05, 4.69) is 4.90 Å². The molecule has 3 aliphatic rings. The van der Waals surface area contributed by atoms with Gasteiger partial charge < -0.3 is 4.90 Å². The number of nitrogens with zero attached hydrogens (tertiary/aromatic N) is 2. The summed E-state index contributed by atoms with van der Waals surface area (Å²) >= 11 is 0. The Hall–Kier alpha value is -1.61. The van der Waals surface area contributed by atoms with E-state index in [1.54, 1.807) is 11.0 Å². The Morgan fingerprint density at radius 1 is 1.07 bits per heavy atom. The minimum atomic E-state index is -4.42. The van der Waals surface area contributed by atoms with Gasteiger partial charge in [-0.3, -0.25) is 9.69 Å². The molecule has 0 spiro atoms. The fraction of sp³-hybridized carbons (Fsp3) is 0.632. The van der Waals surface area contributed by atoms with Crippen LogP contribution >= 0.6 is 0 Å². The fourth-order valence-corrected chi connectivity index (χ4v) is 6.26. The van der Waals surface area contributed by atoms with Crippen molar-refractivity contribution in [3.05, 3.63) is 35.4 Å². The predicted molar refractivity (Wildman–Crippen MR) is 97.5 cm³/mol. The minimum Gasteiger partial charge on any atom is -0.340 e. The van der Waals surface area contributed by atoms with Gasteiger partial charge in [-0.25, -0.2) is 8.42 Å². The third-order valence-electron chi connectivity index (χ3n) is 6.12. The number of benzene rings is 1. The van der Waals surface area contributed by atoms with E-state index >= 15 is 0 Å². The Bertz CT molecular complexity index is 863. The van der Waals surface area contributed by atoms with Crippen LogP contribution in [0.1, 0.15) is 29.9 Å². The molecule has 9 heteroatoms. The first-order chi connectivity index (χ1) is 13.2. The van der Waals surface area contributed by atoms with E-state index in [1.807, 2.05) is 0 Å². The maximum absolute atomic E-state index is 13.2. The van der Waals surface area contributed by atoms with Gasteiger partial charge in [0.15, 0.2) is 9.84 Å². The van der Waals surface area contributed by atoms with Crippen molar-refractivity contribution < 1.29 is 26.4 Å². The van der Waals surface area contributed by atoms with Crippen LogP contribution < -0.4 is 0 Å². The molecule has 1 aromatic carbocycles. The van der Waals surface area contributed by atoms with Gasteiger partial charge in [0.05, 0.1) is 17.1 Å². The Balaban J connectivity index is 1.35. The molecule has 1 aromatic rings. The highest BCUT2D eigenvalue weighted by Gasteiger charge is 2.49. The summed E-state index contributed by atoms with van der Waals surface area (Å²) in [5, 5.41) is 0. The number of halogens is 3. The lowest BCUT2D eigenvalue weighted by Crippen LogP contribution is -2.52. The second kappa shape index (κ2) is 7.02. The first-order valence-electron chi connectivity index (χ1n) is 9.55. The van der Waals surface area contributed by atoms with E-state index in [-0.39, 0.29) is 40.9 Å². The van der Waals surface area contributed by atoms with Crippen molar-refractivity contribution in [3.8, 4) is 0 Å². The smallest absolute Gasteiger partial charge is 0.340 e. The average Bonchev–Trinajstić information content (AvgIpc) is 3.37. The molecule has 28 heavy (non-hydrogen) atoms. The van der Waals surface area contributed by atoms with Gasteiger partial charge in [-0.2, -0.15) is 13.2 Å². The second-order valence-corrected chi connectivity index (χ2v) is 10.2. The van der Waals surface area contributed by atoms with Gasteiger partial charge in [0, 0.05) is 38.1 Å². The normalized spacial score (nSPS) is 30.4.